The maximum Gasteiger partial charge on any atom is 0.185 e. The molecule has 0 aromatic heterocycles. The molecule has 2 nitrogen and oxygen atoms in total. The van der Waals surface area contributed by atoms with E-state index >= 15 is 0 Å². The molecule has 0 fully saturated rings. The van der Waals surface area contributed by atoms with Gasteiger partial charge in [0.2, 0.25) is 0 Å². The van der Waals surface area contributed by atoms with Crippen LogP contribution >= 0.6 is 0 Å². The van der Waals surface area contributed by atoms with Gasteiger partial charge in [0.25, 0.3) is 0 Å². The van der Waals surface area contributed by atoms with Crippen LogP contribution in [-0.4, -0.2) is 11.6 Å². The van der Waals surface area contributed by atoms with Gasteiger partial charge in [-0.25, -0.2) is 0 Å². The van der Waals surface area contributed by atoms with E-state index in [9.17, 15) is 9.59 Å². The Balaban J connectivity index is 2.17. The summed E-state index contributed by atoms with van der Waals surface area (Å²) >= 11 is 0. The Bertz CT molecular complexity index is 1210. The van der Waals surface area contributed by atoms with Gasteiger partial charge < -0.3 is 0 Å². The topological polar surface area (TPSA) is 34.1 Å². The van der Waals surface area contributed by atoms with Crippen molar-refractivity contribution < 1.29 is 9.59 Å². The number of benzene rings is 1. The number of ketones is 2. The number of carbonyl (C=O) groups is 2. The fourth-order valence-electron chi connectivity index (χ4n) is 4.65. The summed E-state index contributed by atoms with van der Waals surface area (Å²) in [4.78, 5) is 24.8. The quantitative estimate of drug-likeness (QED) is 0.473. The average Bonchev–Trinajstić information content (AvgIpc) is 2.72. The fraction of sp³-hybridized carbons (Fsp3) is 0.355. The van der Waals surface area contributed by atoms with Crippen LogP contribution in [0.2, 0.25) is 0 Å². The van der Waals surface area contributed by atoms with Crippen molar-refractivity contribution in [2.24, 2.45) is 5.41 Å². The van der Waals surface area contributed by atoms with Gasteiger partial charge in [-0.05, 0) is 152 Å². The second-order valence-corrected chi connectivity index (χ2v) is 10.6. The van der Waals surface area contributed by atoms with Gasteiger partial charge in [0, 0.05) is 5.57 Å². The zero-order valence-corrected chi connectivity index (χ0v) is 21.8. The van der Waals surface area contributed by atoms with Crippen LogP contribution in [0.1, 0.15) is 74.9 Å². The Morgan fingerprint density at radius 2 is 0.879 bits per heavy atom. The van der Waals surface area contributed by atoms with Gasteiger partial charge >= 0.3 is 0 Å². The van der Waals surface area contributed by atoms with Gasteiger partial charge in [-0.1, -0.05) is 20.8 Å². The molecule has 1 aromatic carbocycles. The molecule has 0 N–H and O–H groups in total. The second-order valence-electron chi connectivity index (χ2n) is 10.6. The first-order valence-corrected chi connectivity index (χ1v) is 11.6. The van der Waals surface area contributed by atoms with Crippen molar-refractivity contribution in [3.05, 3.63) is 91.1 Å². The van der Waals surface area contributed by atoms with Crippen molar-refractivity contribution in [3.8, 4) is 0 Å². The van der Waals surface area contributed by atoms with Crippen molar-refractivity contribution in [2.45, 2.75) is 69.2 Å². The normalized spacial score (nSPS) is 18.2. The van der Waals surface area contributed by atoms with Crippen LogP contribution in [0, 0.1) is 33.1 Å². The summed E-state index contributed by atoms with van der Waals surface area (Å²) in [6.07, 6.45) is 12.4. The molecule has 0 radical (unpaired) electrons. The summed E-state index contributed by atoms with van der Waals surface area (Å²) in [6.45, 7) is 20.6. The first-order valence-electron chi connectivity index (χ1n) is 11.6. The fourth-order valence-corrected chi connectivity index (χ4v) is 4.65. The van der Waals surface area contributed by atoms with E-state index in [0.717, 1.165) is 33.4 Å². The zero-order valence-electron chi connectivity index (χ0n) is 21.8. The minimum atomic E-state index is -0.198. The predicted molar refractivity (Wildman–Crippen MR) is 140 cm³/mol. The molecule has 0 atom stereocenters. The Labute approximate surface area is 199 Å². The molecular formula is C31H36O2. The first-order chi connectivity index (χ1) is 15.2. The maximum absolute atomic E-state index is 12.7. The van der Waals surface area contributed by atoms with Gasteiger partial charge in [-0.15, -0.1) is 0 Å². The van der Waals surface area contributed by atoms with E-state index in [0.29, 0.717) is 0 Å². The van der Waals surface area contributed by atoms with Gasteiger partial charge in [0.1, 0.15) is 0 Å². The highest BCUT2D eigenvalue weighted by atomic mass is 16.1. The Morgan fingerprint density at radius 1 is 0.545 bits per heavy atom. The smallest absolute Gasteiger partial charge is 0.185 e. The van der Waals surface area contributed by atoms with Gasteiger partial charge in [0.15, 0.2) is 11.6 Å². The van der Waals surface area contributed by atoms with E-state index in [1.807, 2.05) is 39.0 Å². The standard InChI is InChI=1S/C31H36O2/c1-17-11-24(12-18(2)29(17)32)14-26-20(4)22(6)27(23(7)21(26)5)15-25-13-19(3)30(33)28(16-25)31(8,9)10/h11-16H,1-10H3/b25-15+. The summed E-state index contributed by atoms with van der Waals surface area (Å²) in [5, 5.41) is 0. The molecule has 2 aliphatic rings. The van der Waals surface area contributed by atoms with Crippen molar-refractivity contribution in [2.75, 3.05) is 0 Å². The summed E-state index contributed by atoms with van der Waals surface area (Å²) in [5.41, 5.74) is 12.5. The number of carbonyl (C=O) groups excluding carboxylic acids is 2. The highest BCUT2D eigenvalue weighted by Crippen LogP contribution is 2.35. The molecule has 2 aliphatic carbocycles. The Hall–Kier alpha value is -3.00. The zero-order chi connectivity index (χ0) is 24.8. The molecule has 0 bridgehead atoms. The van der Waals surface area contributed by atoms with E-state index in [4.69, 9.17) is 0 Å². The van der Waals surface area contributed by atoms with Crippen LogP contribution in [0.15, 0.2) is 57.7 Å². The lowest BCUT2D eigenvalue weighted by Gasteiger charge is -2.25. The lowest BCUT2D eigenvalue weighted by atomic mass is 9.78. The van der Waals surface area contributed by atoms with Crippen molar-refractivity contribution in [1.82, 2.24) is 0 Å². The van der Waals surface area contributed by atoms with Crippen LogP contribution in [-0.2, 0) is 9.59 Å². The van der Waals surface area contributed by atoms with Crippen LogP contribution in [0.25, 0.3) is 12.2 Å². The lowest BCUT2D eigenvalue weighted by Crippen LogP contribution is -2.21. The minimum absolute atomic E-state index is 0.118. The van der Waals surface area contributed by atoms with Crippen LogP contribution < -0.4 is 0 Å². The van der Waals surface area contributed by atoms with Crippen molar-refractivity contribution in [3.63, 3.8) is 0 Å². The number of hydrogen-bond donors (Lipinski definition) is 0. The third-order valence-corrected chi connectivity index (χ3v) is 6.95. The lowest BCUT2D eigenvalue weighted by molar-refractivity contribution is -0.113. The third-order valence-electron chi connectivity index (χ3n) is 6.95. The van der Waals surface area contributed by atoms with Gasteiger partial charge in [0.05, 0.1) is 0 Å². The number of Topliss-reactive ketones (excluding diaryl/α,β-unsaturated/α-hetero) is 2. The van der Waals surface area contributed by atoms with Gasteiger partial charge in [-0.3, -0.25) is 9.59 Å². The molecule has 172 valence electrons. The van der Waals surface area contributed by atoms with Crippen molar-refractivity contribution in [1.29, 1.82) is 0 Å². The van der Waals surface area contributed by atoms with E-state index < -0.39 is 0 Å². The van der Waals surface area contributed by atoms with Crippen molar-refractivity contribution >= 4 is 23.7 Å². The van der Waals surface area contributed by atoms with E-state index in [1.54, 1.807) is 0 Å². The summed E-state index contributed by atoms with van der Waals surface area (Å²) in [6, 6.07) is 0. The molecule has 2 heteroatoms. The van der Waals surface area contributed by atoms with Crippen LogP contribution in [0.4, 0.5) is 0 Å². The molecule has 0 amide bonds. The Kier molecular flexibility index (Phi) is 6.53. The highest BCUT2D eigenvalue weighted by Gasteiger charge is 2.27. The molecule has 0 spiro atoms. The summed E-state index contributed by atoms with van der Waals surface area (Å²) < 4.78 is 0. The average molecular weight is 441 g/mol. The highest BCUT2D eigenvalue weighted by molar-refractivity contribution is 6.11. The monoisotopic (exact) mass is 440 g/mol. The van der Waals surface area contributed by atoms with E-state index in [-0.39, 0.29) is 17.0 Å². The van der Waals surface area contributed by atoms with Crippen LogP contribution in [0.3, 0.4) is 0 Å². The molecule has 0 heterocycles. The predicted octanol–water partition coefficient (Wildman–Crippen LogP) is 7.66. The molecule has 33 heavy (non-hydrogen) atoms. The number of hydrogen-bond acceptors (Lipinski definition) is 2. The molecule has 1 aromatic rings. The van der Waals surface area contributed by atoms with E-state index in [1.165, 1.54) is 33.4 Å². The number of allylic oxidation sites excluding steroid dienone is 10. The molecular weight excluding hydrogens is 404 g/mol. The van der Waals surface area contributed by atoms with E-state index in [2.05, 4.69) is 66.7 Å². The van der Waals surface area contributed by atoms with Gasteiger partial charge in [-0.2, -0.15) is 0 Å². The summed E-state index contributed by atoms with van der Waals surface area (Å²) in [7, 11) is 0. The molecule has 0 unspecified atom stereocenters. The molecule has 3 rings (SSSR count). The third kappa shape index (κ3) is 4.71. The summed E-state index contributed by atoms with van der Waals surface area (Å²) in [5.74, 6) is 0.256. The Morgan fingerprint density at radius 3 is 1.24 bits per heavy atom. The first kappa shape index (κ1) is 24.6. The molecule has 0 saturated carbocycles. The molecule has 0 aliphatic heterocycles. The second kappa shape index (κ2) is 8.74. The van der Waals surface area contributed by atoms with Crippen LogP contribution in [0.5, 0.6) is 0 Å². The molecule has 0 saturated heterocycles. The SMILES string of the molecule is CC1=CC(=Cc2c(C)c(C)c(/C=C3\C=C(C)C(=O)C(C(C)(C)C)=C3)c(C)c2C)C=C(C)C1=O. The number of rotatable bonds is 2. The largest absolute Gasteiger partial charge is 0.289 e. The minimum Gasteiger partial charge on any atom is -0.289 e. The maximum atomic E-state index is 12.7.